The van der Waals surface area contributed by atoms with Crippen LogP contribution in [-0.4, -0.2) is 35.1 Å². The summed E-state index contributed by atoms with van der Waals surface area (Å²) in [7, 11) is 0. The fourth-order valence-electron chi connectivity index (χ4n) is 1.81. The lowest BCUT2D eigenvalue weighted by atomic mass is 10.1. The van der Waals surface area contributed by atoms with Gasteiger partial charge in [0, 0.05) is 25.2 Å². The number of nitrogens with zero attached hydrogens (tertiary/aromatic N) is 1. The molecule has 0 aromatic carbocycles. The van der Waals surface area contributed by atoms with Gasteiger partial charge in [-0.05, 0) is 32.4 Å². The summed E-state index contributed by atoms with van der Waals surface area (Å²) in [6.45, 7) is 6.31. The number of rotatable bonds is 6. The molecule has 0 unspecified atom stereocenters. The maximum atomic E-state index is 11.3. The van der Waals surface area contributed by atoms with Gasteiger partial charge in [0.05, 0.1) is 0 Å². The number of carboxylic acids is 1. The Labute approximate surface area is 112 Å². The van der Waals surface area contributed by atoms with E-state index in [0.29, 0.717) is 24.5 Å². The van der Waals surface area contributed by atoms with Crippen LogP contribution in [0.2, 0.25) is 0 Å². The smallest absolute Gasteiger partial charge is 0.339 e. The molecule has 0 aliphatic carbocycles. The summed E-state index contributed by atoms with van der Waals surface area (Å²) in [4.78, 5) is 26.7. The number of carbonyl (C=O) groups is 2. The first-order valence-electron chi connectivity index (χ1n) is 6.17. The molecule has 1 aromatic heterocycles. The van der Waals surface area contributed by atoms with Gasteiger partial charge in [-0.2, -0.15) is 0 Å². The number of amides is 1. The standard InChI is InChI=1S/C13H19N3O3/c1-4-14-10(17)5-6-15-12-11(13(18)19)8(2)7-9(3)16-12/h7H,4-6H2,1-3H3,(H,14,17)(H,15,16)(H,18,19). The summed E-state index contributed by atoms with van der Waals surface area (Å²) in [6, 6.07) is 1.72. The Morgan fingerprint density at radius 3 is 2.63 bits per heavy atom. The van der Waals surface area contributed by atoms with Crippen LogP contribution in [-0.2, 0) is 4.79 Å². The number of nitrogens with one attached hydrogen (secondary N) is 2. The van der Waals surface area contributed by atoms with Crippen LogP contribution < -0.4 is 10.6 Å². The van der Waals surface area contributed by atoms with Gasteiger partial charge in [-0.1, -0.05) is 0 Å². The third-order valence-electron chi connectivity index (χ3n) is 2.58. The molecule has 0 aliphatic heterocycles. The van der Waals surface area contributed by atoms with Crippen LogP contribution in [0.3, 0.4) is 0 Å². The second-order valence-electron chi connectivity index (χ2n) is 4.24. The molecule has 0 spiro atoms. The molecule has 0 saturated carbocycles. The molecule has 0 fully saturated rings. The zero-order chi connectivity index (χ0) is 14.4. The van der Waals surface area contributed by atoms with Crippen molar-refractivity contribution in [3.8, 4) is 0 Å². The van der Waals surface area contributed by atoms with Crippen molar-refractivity contribution < 1.29 is 14.7 Å². The van der Waals surface area contributed by atoms with Crippen molar-refractivity contribution >= 4 is 17.7 Å². The molecule has 6 heteroatoms. The molecule has 19 heavy (non-hydrogen) atoms. The zero-order valence-electron chi connectivity index (χ0n) is 11.4. The Kier molecular flexibility index (Phi) is 5.29. The first-order chi connectivity index (χ1) is 8.95. The van der Waals surface area contributed by atoms with Crippen molar-refractivity contribution in [3.05, 3.63) is 22.9 Å². The lowest BCUT2D eigenvalue weighted by molar-refractivity contribution is -0.120. The van der Waals surface area contributed by atoms with Crippen molar-refractivity contribution in [2.75, 3.05) is 18.4 Å². The van der Waals surface area contributed by atoms with E-state index in [2.05, 4.69) is 15.6 Å². The third-order valence-corrected chi connectivity index (χ3v) is 2.58. The monoisotopic (exact) mass is 265 g/mol. The summed E-state index contributed by atoms with van der Waals surface area (Å²) in [5.74, 6) is -0.781. The molecule has 0 saturated heterocycles. The van der Waals surface area contributed by atoms with Crippen molar-refractivity contribution in [1.82, 2.24) is 10.3 Å². The molecule has 0 aliphatic rings. The molecule has 0 atom stereocenters. The number of aryl methyl sites for hydroxylation is 2. The topological polar surface area (TPSA) is 91.3 Å². The summed E-state index contributed by atoms with van der Waals surface area (Å²) < 4.78 is 0. The number of pyridine rings is 1. The van der Waals surface area contributed by atoms with Crippen LogP contribution in [0.4, 0.5) is 5.82 Å². The minimum atomic E-state index is -1.02. The van der Waals surface area contributed by atoms with Gasteiger partial charge in [-0.3, -0.25) is 4.79 Å². The van der Waals surface area contributed by atoms with Gasteiger partial charge in [0.15, 0.2) is 0 Å². The third kappa shape index (κ3) is 4.24. The van der Waals surface area contributed by atoms with Crippen molar-refractivity contribution in [1.29, 1.82) is 0 Å². The van der Waals surface area contributed by atoms with E-state index in [1.165, 1.54) is 0 Å². The second-order valence-corrected chi connectivity index (χ2v) is 4.24. The van der Waals surface area contributed by atoms with Crippen LogP contribution in [0.25, 0.3) is 0 Å². The van der Waals surface area contributed by atoms with Crippen molar-refractivity contribution in [3.63, 3.8) is 0 Å². The molecule has 3 N–H and O–H groups in total. The van der Waals surface area contributed by atoms with E-state index in [1.807, 2.05) is 6.92 Å². The molecule has 1 aromatic rings. The van der Waals surface area contributed by atoms with E-state index in [-0.39, 0.29) is 17.9 Å². The highest BCUT2D eigenvalue weighted by Crippen LogP contribution is 2.18. The highest BCUT2D eigenvalue weighted by atomic mass is 16.4. The van der Waals surface area contributed by atoms with Gasteiger partial charge in [0.1, 0.15) is 11.4 Å². The number of hydrogen-bond acceptors (Lipinski definition) is 4. The predicted octanol–water partition coefficient (Wildman–Crippen LogP) is 1.33. The van der Waals surface area contributed by atoms with Gasteiger partial charge < -0.3 is 15.7 Å². The fraction of sp³-hybridized carbons (Fsp3) is 0.462. The molecule has 0 radical (unpaired) electrons. The normalized spacial score (nSPS) is 10.1. The zero-order valence-corrected chi connectivity index (χ0v) is 11.4. The second kappa shape index (κ2) is 6.72. The molecular formula is C13H19N3O3. The highest BCUT2D eigenvalue weighted by Gasteiger charge is 2.15. The van der Waals surface area contributed by atoms with E-state index in [0.717, 1.165) is 5.69 Å². The minimum absolute atomic E-state index is 0.0729. The van der Waals surface area contributed by atoms with Crippen molar-refractivity contribution in [2.24, 2.45) is 0 Å². The van der Waals surface area contributed by atoms with Gasteiger partial charge in [0.25, 0.3) is 0 Å². The Balaban J connectivity index is 2.77. The highest BCUT2D eigenvalue weighted by molar-refractivity contribution is 5.94. The summed E-state index contributed by atoms with van der Waals surface area (Å²) in [5, 5.41) is 14.8. The van der Waals surface area contributed by atoms with E-state index >= 15 is 0 Å². The van der Waals surface area contributed by atoms with Gasteiger partial charge in [-0.15, -0.1) is 0 Å². The largest absolute Gasteiger partial charge is 0.478 e. The van der Waals surface area contributed by atoms with Crippen LogP contribution in [0, 0.1) is 13.8 Å². The number of carboxylic acid groups (broad SMARTS) is 1. The molecule has 1 rings (SSSR count). The Morgan fingerprint density at radius 1 is 1.37 bits per heavy atom. The Morgan fingerprint density at radius 2 is 2.05 bits per heavy atom. The number of anilines is 1. The Bertz CT molecular complexity index is 486. The van der Waals surface area contributed by atoms with E-state index < -0.39 is 5.97 Å². The van der Waals surface area contributed by atoms with Crippen LogP contribution >= 0.6 is 0 Å². The first-order valence-corrected chi connectivity index (χ1v) is 6.17. The van der Waals surface area contributed by atoms with E-state index in [4.69, 9.17) is 0 Å². The van der Waals surface area contributed by atoms with Gasteiger partial charge in [-0.25, -0.2) is 9.78 Å². The number of aromatic nitrogens is 1. The minimum Gasteiger partial charge on any atom is -0.478 e. The predicted molar refractivity (Wildman–Crippen MR) is 72.5 cm³/mol. The molecule has 0 bridgehead atoms. The van der Waals surface area contributed by atoms with Crippen LogP contribution in [0.15, 0.2) is 6.07 Å². The van der Waals surface area contributed by atoms with Gasteiger partial charge >= 0.3 is 5.97 Å². The van der Waals surface area contributed by atoms with E-state index in [1.54, 1.807) is 19.9 Å². The lowest BCUT2D eigenvalue weighted by Crippen LogP contribution is -2.25. The maximum absolute atomic E-state index is 11.3. The molecule has 1 heterocycles. The number of hydrogen-bond donors (Lipinski definition) is 3. The maximum Gasteiger partial charge on any atom is 0.339 e. The van der Waals surface area contributed by atoms with Gasteiger partial charge in [0.2, 0.25) is 5.91 Å². The van der Waals surface area contributed by atoms with E-state index in [9.17, 15) is 14.7 Å². The average molecular weight is 265 g/mol. The Hall–Kier alpha value is -2.11. The SMILES string of the molecule is CCNC(=O)CCNc1nc(C)cc(C)c1C(=O)O. The molecule has 6 nitrogen and oxygen atoms in total. The summed E-state index contributed by atoms with van der Waals surface area (Å²) >= 11 is 0. The number of aromatic carboxylic acids is 1. The number of carbonyl (C=O) groups excluding carboxylic acids is 1. The molecule has 104 valence electrons. The quantitative estimate of drug-likeness (QED) is 0.722. The molecule has 1 amide bonds. The van der Waals surface area contributed by atoms with Crippen LogP contribution in [0.1, 0.15) is 35.0 Å². The molecular weight excluding hydrogens is 246 g/mol. The first kappa shape index (κ1) is 14.9. The lowest BCUT2D eigenvalue weighted by Gasteiger charge is -2.11. The summed E-state index contributed by atoms with van der Waals surface area (Å²) in [6.07, 6.45) is 0.279. The fourth-order valence-corrected chi connectivity index (χ4v) is 1.81. The summed E-state index contributed by atoms with van der Waals surface area (Å²) in [5.41, 5.74) is 1.55. The van der Waals surface area contributed by atoms with Crippen molar-refractivity contribution in [2.45, 2.75) is 27.2 Å². The average Bonchev–Trinajstić information content (AvgIpc) is 2.27. The van der Waals surface area contributed by atoms with Crippen LogP contribution in [0.5, 0.6) is 0 Å².